The summed E-state index contributed by atoms with van der Waals surface area (Å²) in [5.74, 6) is 1.64. The number of carbonyl (C=O) groups is 1. The standard InChI is InChI=1S/C35H45N9O3/c1-3-35(45)40-29-20-30(39-33-22-34(38-24-37-33)44-28(10-18-47-44)19-25-5-4-11-36-23-25)32(46-2)21-31(29)43-12-8-27(9-13-43)42-16-14-41(15-17-42)26-6-7-26/h3-5,11,20-24,26-28H,1,6-10,12-19H2,2H3,(H,40,45)(H,37,38,39)/t28-/m1/s1. The second-order valence-electron chi connectivity index (χ2n) is 12.8. The molecule has 1 atom stereocenters. The monoisotopic (exact) mass is 639 g/mol. The molecular weight excluding hydrogens is 594 g/mol. The van der Waals surface area contributed by atoms with Gasteiger partial charge in [0.25, 0.3) is 0 Å². The van der Waals surface area contributed by atoms with Gasteiger partial charge in [-0.05, 0) is 62.3 Å². The molecule has 0 bridgehead atoms. The minimum Gasteiger partial charge on any atom is -0.494 e. The molecule has 0 unspecified atom stereocenters. The van der Waals surface area contributed by atoms with Gasteiger partial charge < -0.3 is 20.3 Å². The van der Waals surface area contributed by atoms with Crippen LogP contribution in [0.5, 0.6) is 5.75 Å². The summed E-state index contributed by atoms with van der Waals surface area (Å²) in [5.41, 5.74) is 3.46. The smallest absolute Gasteiger partial charge is 0.247 e. The van der Waals surface area contributed by atoms with Crippen LogP contribution in [0.4, 0.5) is 28.7 Å². The third-order valence-electron chi connectivity index (χ3n) is 9.84. The van der Waals surface area contributed by atoms with Crippen LogP contribution in [-0.2, 0) is 16.1 Å². The SMILES string of the molecule is C=CC(=O)Nc1cc(Nc2cc(N3OCC[C@@H]3Cc3cccnc3)ncn2)c(OC)cc1N1CCC(N2CCN(C3CC3)CC2)CC1. The van der Waals surface area contributed by atoms with Gasteiger partial charge in [0.05, 0.1) is 36.8 Å². The fourth-order valence-corrected chi connectivity index (χ4v) is 7.17. The number of hydrogen-bond acceptors (Lipinski definition) is 11. The summed E-state index contributed by atoms with van der Waals surface area (Å²) in [5, 5.41) is 8.31. The molecule has 12 nitrogen and oxygen atoms in total. The van der Waals surface area contributed by atoms with Crippen LogP contribution in [-0.4, -0.2) is 102 Å². The topological polar surface area (TPSA) is 111 Å². The Labute approximate surface area is 276 Å². The Kier molecular flexibility index (Phi) is 9.50. The zero-order chi connectivity index (χ0) is 32.2. The van der Waals surface area contributed by atoms with Crippen LogP contribution in [0.3, 0.4) is 0 Å². The molecule has 3 aromatic rings. The van der Waals surface area contributed by atoms with Gasteiger partial charge in [0.1, 0.15) is 17.9 Å². The average molecular weight is 640 g/mol. The molecule has 12 heteroatoms. The van der Waals surface area contributed by atoms with Gasteiger partial charge in [-0.3, -0.25) is 24.4 Å². The number of piperazine rings is 1. The quantitative estimate of drug-likeness (QED) is 0.294. The molecule has 0 spiro atoms. The molecular formula is C35H45N9O3. The maximum atomic E-state index is 12.6. The Morgan fingerprint density at radius 3 is 2.45 bits per heavy atom. The zero-order valence-corrected chi connectivity index (χ0v) is 27.2. The van der Waals surface area contributed by atoms with E-state index in [2.05, 4.69) is 52.9 Å². The van der Waals surface area contributed by atoms with Crippen molar-refractivity contribution in [3.05, 3.63) is 67.3 Å². The molecule has 5 heterocycles. The lowest BCUT2D eigenvalue weighted by Gasteiger charge is -2.43. The summed E-state index contributed by atoms with van der Waals surface area (Å²) in [7, 11) is 1.66. The van der Waals surface area contributed by atoms with Crippen molar-refractivity contribution in [2.75, 3.05) is 73.6 Å². The zero-order valence-electron chi connectivity index (χ0n) is 27.2. The highest BCUT2D eigenvalue weighted by molar-refractivity contribution is 6.02. The maximum Gasteiger partial charge on any atom is 0.247 e. The fourth-order valence-electron chi connectivity index (χ4n) is 7.17. The molecule has 1 aliphatic carbocycles. The van der Waals surface area contributed by atoms with E-state index < -0.39 is 0 Å². The normalized spacial score (nSPS) is 21.1. The van der Waals surface area contributed by atoms with Crippen LogP contribution in [0.1, 0.15) is 37.7 Å². The lowest BCUT2D eigenvalue weighted by molar-refractivity contribution is -0.111. The summed E-state index contributed by atoms with van der Waals surface area (Å²) in [6, 6.07) is 11.4. The molecule has 1 saturated carbocycles. The van der Waals surface area contributed by atoms with Gasteiger partial charge in [0, 0.05) is 75.9 Å². The van der Waals surface area contributed by atoms with Gasteiger partial charge in [0.15, 0.2) is 5.82 Å². The third-order valence-corrected chi connectivity index (χ3v) is 9.84. The van der Waals surface area contributed by atoms with E-state index in [0.29, 0.717) is 41.4 Å². The van der Waals surface area contributed by atoms with E-state index in [1.807, 2.05) is 35.5 Å². The number of amides is 1. The number of nitrogens with zero attached hydrogens (tertiary/aromatic N) is 7. The number of nitrogens with one attached hydrogen (secondary N) is 2. The number of piperidine rings is 1. The van der Waals surface area contributed by atoms with Crippen molar-refractivity contribution in [3.8, 4) is 5.75 Å². The predicted octanol–water partition coefficient (Wildman–Crippen LogP) is 4.25. The molecule has 0 radical (unpaired) electrons. The number of ether oxygens (including phenoxy) is 1. The number of carbonyl (C=O) groups excluding carboxylic acids is 1. The minimum atomic E-state index is -0.263. The summed E-state index contributed by atoms with van der Waals surface area (Å²) < 4.78 is 5.88. The van der Waals surface area contributed by atoms with E-state index >= 15 is 0 Å². The number of benzene rings is 1. The number of pyridine rings is 1. The fraction of sp³-hybridized carbons (Fsp3) is 0.486. The summed E-state index contributed by atoms with van der Waals surface area (Å²) in [6.45, 7) is 10.8. The predicted molar refractivity (Wildman–Crippen MR) is 183 cm³/mol. The van der Waals surface area contributed by atoms with E-state index in [9.17, 15) is 4.79 Å². The number of hydrogen-bond donors (Lipinski definition) is 2. The van der Waals surface area contributed by atoms with E-state index in [1.165, 1.54) is 38.3 Å². The van der Waals surface area contributed by atoms with Crippen molar-refractivity contribution in [1.29, 1.82) is 0 Å². The molecule has 248 valence electrons. The van der Waals surface area contributed by atoms with E-state index in [0.717, 1.165) is 69.2 Å². The van der Waals surface area contributed by atoms with E-state index in [1.54, 1.807) is 13.3 Å². The number of rotatable bonds is 11. The van der Waals surface area contributed by atoms with Crippen molar-refractivity contribution < 1.29 is 14.4 Å². The van der Waals surface area contributed by atoms with Crippen molar-refractivity contribution in [1.82, 2.24) is 24.8 Å². The molecule has 4 fully saturated rings. The number of methoxy groups -OCH3 is 1. The Morgan fingerprint density at radius 1 is 1.00 bits per heavy atom. The Balaban J connectivity index is 1.06. The first-order valence-electron chi connectivity index (χ1n) is 16.9. The third kappa shape index (κ3) is 7.34. The molecule has 4 aliphatic rings. The summed E-state index contributed by atoms with van der Waals surface area (Å²) in [6.07, 6.45) is 13.1. The van der Waals surface area contributed by atoms with Crippen molar-refractivity contribution in [3.63, 3.8) is 0 Å². The second kappa shape index (κ2) is 14.2. The number of aromatic nitrogens is 3. The Morgan fingerprint density at radius 2 is 1.77 bits per heavy atom. The molecule has 2 aromatic heterocycles. The maximum absolute atomic E-state index is 12.6. The Bertz CT molecular complexity index is 1540. The van der Waals surface area contributed by atoms with E-state index in [-0.39, 0.29) is 11.9 Å². The largest absolute Gasteiger partial charge is 0.494 e. The second-order valence-corrected chi connectivity index (χ2v) is 12.8. The highest BCUT2D eigenvalue weighted by Gasteiger charge is 2.34. The Hall–Kier alpha value is -4.26. The molecule has 3 aliphatic heterocycles. The highest BCUT2D eigenvalue weighted by atomic mass is 16.7. The molecule has 47 heavy (non-hydrogen) atoms. The van der Waals surface area contributed by atoms with Crippen LogP contribution in [0, 0.1) is 0 Å². The number of anilines is 5. The molecule has 7 rings (SSSR count). The van der Waals surface area contributed by atoms with Crippen LogP contribution < -0.4 is 25.3 Å². The van der Waals surface area contributed by atoms with Gasteiger partial charge >= 0.3 is 0 Å². The molecule has 1 aromatic carbocycles. The van der Waals surface area contributed by atoms with Crippen molar-refractivity contribution >= 4 is 34.6 Å². The van der Waals surface area contributed by atoms with Gasteiger partial charge in [-0.25, -0.2) is 15.0 Å². The van der Waals surface area contributed by atoms with Crippen molar-refractivity contribution in [2.45, 2.75) is 56.7 Å². The van der Waals surface area contributed by atoms with Crippen LogP contribution in [0.15, 0.2) is 61.7 Å². The van der Waals surface area contributed by atoms with Crippen LogP contribution in [0.2, 0.25) is 0 Å². The minimum absolute atomic E-state index is 0.132. The molecule has 1 amide bonds. The van der Waals surface area contributed by atoms with Gasteiger partial charge in [0.2, 0.25) is 5.91 Å². The summed E-state index contributed by atoms with van der Waals surface area (Å²) in [4.78, 5) is 39.6. The lowest BCUT2D eigenvalue weighted by atomic mass is 10.0. The highest BCUT2D eigenvalue weighted by Crippen LogP contribution is 2.40. The summed E-state index contributed by atoms with van der Waals surface area (Å²) >= 11 is 0. The first-order chi connectivity index (χ1) is 23.1. The van der Waals surface area contributed by atoms with Crippen LogP contribution >= 0.6 is 0 Å². The average Bonchev–Trinajstić information content (AvgIpc) is 3.87. The molecule has 3 saturated heterocycles. The van der Waals surface area contributed by atoms with Gasteiger partial charge in [-0.1, -0.05) is 12.6 Å². The van der Waals surface area contributed by atoms with Crippen molar-refractivity contribution in [2.24, 2.45) is 0 Å². The molecule has 2 N–H and O–H groups in total. The number of hydroxylamine groups is 1. The van der Waals surface area contributed by atoms with Gasteiger partial charge in [-0.15, -0.1) is 0 Å². The first kappa shape index (κ1) is 31.3. The van der Waals surface area contributed by atoms with Crippen LogP contribution in [0.25, 0.3) is 0 Å². The van der Waals surface area contributed by atoms with E-state index in [4.69, 9.17) is 9.57 Å². The first-order valence-corrected chi connectivity index (χ1v) is 16.9. The lowest BCUT2D eigenvalue weighted by Crippen LogP contribution is -2.53. The van der Waals surface area contributed by atoms with Gasteiger partial charge in [-0.2, -0.15) is 0 Å².